The van der Waals surface area contributed by atoms with Crippen molar-refractivity contribution in [3.63, 3.8) is 0 Å². The summed E-state index contributed by atoms with van der Waals surface area (Å²) in [6, 6.07) is 12.1. The van der Waals surface area contributed by atoms with Crippen LogP contribution in [0.5, 0.6) is 11.5 Å². The summed E-state index contributed by atoms with van der Waals surface area (Å²) in [5.41, 5.74) is 1.94. The first-order valence-electron chi connectivity index (χ1n) is 8.88. The van der Waals surface area contributed by atoms with Gasteiger partial charge in [-0.15, -0.1) is 0 Å². The maximum atomic E-state index is 12.6. The Bertz CT molecular complexity index is 941. The Morgan fingerprint density at radius 1 is 1.00 bits per heavy atom. The van der Waals surface area contributed by atoms with Crippen molar-refractivity contribution in [1.29, 1.82) is 0 Å². The molecular formula is C20H19N3O5. The Kier molecular flexibility index (Phi) is 4.60. The van der Waals surface area contributed by atoms with E-state index in [4.69, 9.17) is 9.47 Å². The van der Waals surface area contributed by atoms with E-state index in [9.17, 15) is 14.4 Å². The van der Waals surface area contributed by atoms with Crippen LogP contribution in [0.3, 0.4) is 0 Å². The summed E-state index contributed by atoms with van der Waals surface area (Å²) in [5.74, 6) is 0.298. The monoisotopic (exact) mass is 381 g/mol. The minimum absolute atomic E-state index is 0.111. The maximum absolute atomic E-state index is 12.6. The molecule has 28 heavy (non-hydrogen) atoms. The van der Waals surface area contributed by atoms with Crippen LogP contribution in [0.1, 0.15) is 13.3 Å². The summed E-state index contributed by atoms with van der Waals surface area (Å²) < 4.78 is 10.6. The standard InChI is InChI=1S/C20H19N3O5/c1-12(24)21-14-2-4-15(5-3-14)22-20(26)13-8-19(25)23(10-13)16-6-7-17-18(9-16)28-11-27-17/h2-7,9,13H,8,10-11H2,1H3,(H,21,24)(H,22,26). The van der Waals surface area contributed by atoms with Gasteiger partial charge < -0.3 is 25.0 Å². The number of nitrogens with one attached hydrogen (secondary N) is 2. The molecule has 3 amide bonds. The molecule has 2 N–H and O–H groups in total. The number of rotatable bonds is 4. The highest BCUT2D eigenvalue weighted by Crippen LogP contribution is 2.37. The zero-order valence-electron chi connectivity index (χ0n) is 15.2. The van der Waals surface area contributed by atoms with E-state index in [1.165, 1.54) is 6.92 Å². The first kappa shape index (κ1) is 17.8. The number of benzene rings is 2. The van der Waals surface area contributed by atoms with E-state index in [-0.39, 0.29) is 30.9 Å². The van der Waals surface area contributed by atoms with E-state index >= 15 is 0 Å². The first-order valence-corrected chi connectivity index (χ1v) is 8.88. The maximum Gasteiger partial charge on any atom is 0.231 e. The molecule has 144 valence electrons. The van der Waals surface area contributed by atoms with Crippen LogP contribution in [-0.2, 0) is 14.4 Å². The van der Waals surface area contributed by atoms with Gasteiger partial charge in [-0.1, -0.05) is 0 Å². The Morgan fingerprint density at radius 3 is 2.39 bits per heavy atom. The summed E-state index contributed by atoms with van der Waals surface area (Å²) in [5, 5.41) is 5.49. The van der Waals surface area contributed by atoms with Crippen LogP contribution in [0.25, 0.3) is 0 Å². The average molecular weight is 381 g/mol. The third-order valence-corrected chi connectivity index (χ3v) is 4.64. The van der Waals surface area contributed by atoms with E-state index in [1.807, 2.05) is 0 Å². The van der Waals surface area contributed by atoms with Crippen molar-refractivity contribution in [3.05, 3.63) is 42.5 Å². The van der Waals surface area contributed by atoms with Gasteiger partial charge in [0.25, 0.3) is 0 Å². The quantitative estimate of drug-likeness (QED) is 0.848. The molecule has 0 aromatic heterocycles. The van der Waals surface area contributed by atoms with Gasteiger partial charge in [0.1, 0.15) is 0 Å². The van der Waals surface area contributed by atoms with Crippen LogP contribution in [0.15, 0.2) is 42.5 Å². The van der Waals surface area contributed by atoms with Crippen LogP contribution >= 0.6 is 0 Å². The lowest BCUT2D eigenvalue weighted by atomic mass is 10.1. The summed E-state index contributed by atoms with van der Waals surface area (Å²) in [6.07, 6.45) is 0.143. The topological polar surface area (TPSA) is 97.0 Å². The van der Waals surface area contributed by atoms with Crippen molar-refractivity contribution in [2.75, 3.05) is 28.9 Å². The molecule has 2 heterocycles. The van der Waals surface area contributed by atoms with Crippen LogP contribution in [0.2, 0.25) is 0 Å². The summed E-state index contributed by atoms with van der Waals surface area (Å²) in [4.78, 5) is 37.7. The minimum atomic E-state index is -0.451. The molecule has 2 aromatic carbocycles. The molecule has 2 aliphatic heterocycles. The predicted octanol–water partition coefficient (Wildman–Crippen LogP) is 2.37. The summed E-state index contributed by atoms with van der Waals surface area (Å²) in [7, 11) is 0. The van der Waals surface area contributed by atoms with Crippen molar-refractivity contribution in [3.8, 4) is 11.5 Å². The lowest BCUT2D eigenvalue weighted by Crippen LogP contribution is -2.28. The fraction of sp³-hybridized carbons (Fsp3) is 0.250. The number of carbonyl (C=O) groups excluding carboxylic acids is 3. The lowest BCUT2D eigenvalue weighted by Gasteiger charge is -2.17. The van der Waals surface area contributed by atoms with Crippen LogP contribution in [0.4, 0.5) is 17.1 Å². The van der Waals surface area contributed by atoms with Gasteiger partial charge in [0, 0.05) is 43.0 Å². The van der Waals surface area contributed by atoms with Crippen molar-refractivity contribution in [2.24, 2.45) is 5.92 Å². The zero-order valence-corrected chi connectivity index (χ0v) is 15.2. The zero-order chi connectivity index (χ0) is 19.7. The molecule has 8 heteroatoms. The van der Waals surface area contributed by atoms with E-state index < -0.39 is 5.92 Å². The van der Waals surface area contributed by atoms with Gasteiger partial charge in [-0.3, -0.25) is 14.4 Å². The third kappa shape index (κ3) is 3.62. The van der Waals surface area contributed by atoms with Crippen molar-refractivity contribution < 1.29 is 23.9 Å². The SMILES string of the molecule is CC(=O)Nc1ccc(NC(=O)C2CC(=O)N(c3ccc4c(c3)OCO4)C2)cc1. The molecule has 8 nitrogen and oxygen atoms in total. The molecule has 4 rings (SSSR count). The smallest absolute Gasteiger partial charge is 0.231 e. The summed E-state index contributed by atoms with van der Waals surface area (Å²) in [6.45, 7) is 1.89. The minimum Gasteiger partial charge on any atom is -0.454 e. The number of hydrogen-bond donors (Lipinski definition) is 2. The van der Waals surface area contributed by atoms with Crippen LogP contribution in [-0.4, -0.2) is 31.1 Å². The van der Waals surface area contributed by atoms with E-state index in [2.05, 4.69) is 10.6 Å². The van der Waals surface area contributed by atoms with Gasteiger partial charge in [0.2, 0.25) is 24.5 Å². The number of hydrogen-bond acceptors (Lipinski definition) is 5. The number of fused-ring (bicyclic) bond motifs is 1. The Hall–Kier alpha value is -3.55. The van der Waals surface area contributed by atoms with Gasteiger partial charge in [-0.25, -0.2) is 0 Å². The molecule has 0 radical (unpaired) electrons. The van der Waals surface area contributed by atoms with E-state index in [0.717, 1.165) is 0 Å². The van der Waals surface area contributed by atoms with Gasteiger partial charge in [-0.2, -0.15) is 0 Å². The van der Waals surface area contributed by atoms with Crippen molar-refractivity contribution >= 4 is 34.8 Å². The normalized spacial score (nSPS) is 17.5. The summed E-state index contributed by atoms with van der Waals surface area (Å²) >= 11 is 0. The average Bonchev–Trinajstić information content (AvgIpc) is 3.28. The molecule has 0 aliphatic carbocycles. The molecule has 2 aromatic rings. The lowest BCUT2D eigenvalue weighted by molar-refractivity contribution is -0.122. The van der Waals surface area contributed by atoms with Gasteiger partial charge >= 0.3 is 0 Å². The molecular weight excluding hydrogens is 362 g/mol. The van der Waals surface area contributed by atoms with Gasteiger partial charge in [-0.05, 0) is 36.4 Å². The highest BCUT2D eigenvalue weighted by Gasteiger charge is 2.35. The predicted molar refractivity (Wildman–Crippen MR) is 102 cm³/mol. The fourth-order valence-electron chi connectivity index (χ4n) is 3.27. The van der Waals surface area contributed by atoms with Crippen molar-refractivity contribution in [1.82, 2.24) is 0 Å². The number of amides is 3. The number of ether oxygens (including phenoxy) is 2. The third-order valence-electron chi connectivity index (χ3n) is 4.64. The molecule has 1 unspecified atom stereocenters. The second-order valence-corrected chi connectivity index (χ2v) is 6.69. The molecule has 0 bridgehead atoms. The molecule has 2 aliphatic rings. The van der Waals surface area contributed by atoms with Crippen LogP contribution in [0, 0.1) is 5.92 Å². The Morgan fingerprint density at radius 2 is 1.68 bits per heavy atom. The Labute approximate surface area is 161 Å². The number of anilines is 3. The molecule has 1 fully saturated rings. The Balaban J connectivity index is 1.40. The molecule has 0 saturated carbocycles. The second kappa shape index (κ2) is 7.22. The van der Waals surface area contributed by atoms with Crippen molar-refractivity contribution in [2.45, 2.75) is 13.3 Å². The second-order valence-electron chi connectivity index (χ2n) is 6.69. The van der Waals surface area contributed by atoms with E-state index in [1.54, 1.807) is 47.4 Å². The largest absolute Gasteiger partial charge is 0.454 e. The van der Waals surface area contributed by atoms with Gasteiger partial charge in [0.15, 0.2) is 11.5 Å². The number of carbonyl (C=O) groups is 3. The van der Waals surface area contributed by atoms with Crippen LogP contribution < -0.4 is 25.0 Å². The molecule has 1 atom stereocenters. The highest BCUT2D eigenvalue weighted by molar-refractivity contribution is 6.03. The highest BCUT2D eigenvalue weighted by atomic mass is 16.7. The molecule has 1 saturated heterocycles. The fourth-order valence-corrected chi connectivity index (χ4v) is 3.27. The van der Waals surface area contributed by atoms with Gasteiger partial charge in [0.05, 0.1) is 5.92 Å². The first-order chi connectivity index (χ1) is 13.5. The number of nitrogens with zero attached hydrogens (tertiary/aromatic N) is 1. The van der Waals surface area contributed by atoms with E-state index in [0.29, 0.717) is 35.1 Å². The molecule has 0 spiro atoms.